The lowest BCUT2D eigenvalue weighted by Crippen LogP contribution is -2.43. The van der Waals surface area contributed by atoms with E-state index in [1.54, 1.807) is 6.92 Å². The molecule has 0 saturated carbocycles. The number of pyridine rings is 1. The third kappa shape index (κ3) is 4.97. The highest BCUT2D eigenvalue weighted by Crippen LogP contribution is 2.37. The summed E-state index contributed by atoms with van der Waals surface area (Å²) in [7, 11) is 0. The van der Waals surface area contributed by atoms with Crippen LogP contribution in [0.1, 0.15) is 50.1 Å². The fourth-order valence-electron chi connectivity index (χ4n) is 4.47. The van der Waals surface area contributed by atoms with Gasteiger partial charge in [0.1, 0.15) is 24.1 Å². The number of nitrogens with zero attached hydrogens (tertiary/aromatic N) is 2. The highest BCUT2D eigenvalue weighted by atomic mass is 19.1. The fraction of sp³-hybridized carbons (Fsp3) is 0.357. The predicted octanol–water partition coefficient (Wildman–Crippen LogP) is 5.60. The van der Waals surface area contributed by atoms with E-state index in [9.17, 15) is 9.90 Å². The van der Waals surface area contributed by atoms with Crippen LogP contribution in [0, 0.1) is 5.82 Å². The molecule has 178 valence electrons. The van der Waals surface area contributed by atoms with Gasteiger partial charge in [-0.05, 0) is 47.7 Å². The summed E-state index contributed by atoms with van der Waals surface area (Å²) < 4.78 is 21.8. The van der Waals surface area contributed by atoms with E-state index in [4.69, 9.17) is 9.72 Å². The Kier molecular flexibility index (Phi) is 6.71. The maximum Gasteiger partial charge on any atom is 0.320 e. The van der Waals surface area contributed by atoms with Gasteiger partial charge in [-0.25, -0.2) is 9.37 Å². The number of hydrogen-bond acceptors (Lipinski definition) is 4. The maximum atomic E-state index is 16.0. The summed E-state index contributed by atoms with van der Waals surface area (Å²) >= 11 is 0. The van der Waals surface area contributed by atoms with Gasteiger partial charge in [-0.2, -0.15) is 0 Å². The minimum Gasteiger partial charge on any atom is -0.489 e. The van der Waals surface area contributed by atoms with Crippen LogP contribution < -0.4 is 4.74 Å². The fourth-order valence-corrected chi connectivity index (χ4v) is 4.47. The molecule has 0 fully saturated rings. The molecule has 0 radical (unpaired) electrons. The second-order valence-corrected chi connectivity index (χ2v) is 9.86. The first-order valence-corrected chi connectivity index (χ1v) is 11.6. The first-order chi connectivity index (χ1) is 16.1. The van der Waals surface area contributed by atoms with E-state index in [0.717, 1.165) is 16.8 Å². The monoisotopic (exact) mass is 462 g/mol. The lowest BCUT2D eigenvalue weighted by Gasteiger charge is -2.35. The second kappa shape index (κ2) is 9.55. The van der Waals surface area contributed by atoms with Gasteiger partial charge in [-0.3, -0.25) is 9.69 Å². The average Bonchev–Trinajstić information content (AvgIpc) is 2.81. The van der Waals surface area contributed by atoms with Crippen molar-refractivity contribution in [2.75, 3.05) is 6.54 Å². The van der Waals surface area contributed by atoms with Crippen molar-refractivity contribution in [2.24, 2.45) is 0 Å². The van der Waals surface area contributed by atoms with Gasteiger partial charge in [-0.1, -0.05) is 51.1 Å². The Balaban J connectivity index is 1.65. The van der Waals surface area contributed by atoms with E-state index < -0.39 is 17.4 Å². The molecule has 34 heavy (non-hydrogen) atoms. The van der Waals surface area contributed by atoms with Gasteiger partial charge in [0.15, 0.2) is 5.82 Å². The summed E-state index contributed by atoms with van der Waals surface area (Å²) in [6.07, 6.45) is 0.585. The molecule has 2 aromatic carbocycles. The van der Waals surface area contributed by atoms with Gasteiger partial charge in [0.25, 0.3) is 0 Å². The zero-order valence-corrected chi connectivity index (χ0v) is 20.1. The lowest BCUT2D eigenvalue weighted by atomic mass is 9.80. The number of hydrogen-bond donors (Lipinski definition) is 1. The zero-order chi connectivity index (χ0) is 24.5. The van der Waals surface area contributed by atoms with Crippen LogP contribution in [0.5, 0.6) is 5.75 Å². The molecule has 0 bridgehead atoms. The second-order valence-electron chi connectivity index (χ2n) is 9.86. The molecule has 2 heterocycles. The van der Waals surface area contributed by atoms with Crippen molar-refractivity contribution in [1.82, 2.24) is 9.88 Å². The van der Waals surface area contributed by atoms with Gasteiger partial charge in [0.05, 0.1) is 0 Å². The number of benzene rings is 2. The van der Waals surface area contributed by atoms with Crippen molar-refractivity contribution < 1.29 is 19.0 Å². The van der Waals surface area contributed by atoms with Gasteiger partial charge >= 0.3 is 5.97 Å². The Hall–Kier alpha value is -3.25. The zero-order valence-electron chi connectivity index (χ0n) is 20.1. The van der Waals surface area contributed by atoms with Crippen LogP contribution in [0.2, 0.25) is 0 Å². The Bertz CT molecular complexity index is 1170. The van der Waals surface area contributed by atoms with E-state index in [1.165, 1.54) is 0 Å². The highest BCUT2D eigenvalue weighted by Gasteiger charge is 2.33. The number of aliphatic carboxylic acids is 1. The Morgan fingerprint density at radius 2 is 1.82 bits per heavy atom. The number of halogens is 1. The van der Waals surface area contributed by atoms with Gasteiger partial charge in [-0.15, -0.1) is 0 Å². The molecule has 1 aromatic heterocycles. The molecule has 0 aliphatic carbocycles. The van der Waals surface area contributed by atoms with Crippen LogP contribution in [0.25, 0.3) is 11.3 Å². The molecule has 3 aromatic rings. The topological polar surface area (TPSA) is 62.7 Å². The first-order valence-electron chi connectivity index (χ1n) is 11.6. The molecule has 0 saturated heterocycles. The minimum atomic E-state index is -0.875. The summed E-state index contributed by atoms with van der Waals surface area (Å²) in [4.78, 5) is 18.1. The summed E-state index contributed by atoms with van der Waals surface area (Å²) in [5, 5.41) is 9.44. The van der Waals surface area contributed by atoms with Crippen LogP contribution in [-0.2, 0) is 29.8 Å². The van der Waals surface area contributed by atoms with Crippen LogP contribution in [-0.4, -0.2) is 33.5 Å². The smallest absolute Gasteiger partial charge is 0.320 e. The van der Waals surface area contributed by atoms with Gasteiger partial charge in [0, 0.05) is 36.3 Å². The molecule has 4 rings (SSSR count). The van der Waals surface area contributed by atoms with Crippen molar-refractivity contribution in [3.63, 3.8) is 0 Å². The van der Waals surface area contributed by atoms with Crippen LogP contribution in [0.15, 0.2) is 54.6 Å². The van der Waals surface area contributed by atoms with Gasteiger partial charge < -0.3 is 9.84 Å². The summed E-state index contributed by atoms with van der Waals surface area (Å²) in [5.41, 5.74) is 3.92. The standard InChI is InChI=1S/C28H31FN2O3/c1-18(27(32)33)31-15-14-23-22(16-31)24(28(2,3)4)25(29)26(30-23)20-10-12-21(13-11-20)34-17-19-8-6-5-7-9-19/h5-13,18H,14-17H2,1-4H3,(H,32,33). The number of aromatic nitrogens is 1. The Morgan fingerprint density at radius 1 is 1.15 bits per heavy atom. The van der Waals surface area contributed by atoms with Gasteiger partial charge in [0.2, 0.25) is 0 Å². The first kappa shape index (κ1) is 23.9. The maximum absolute atomic E-state index is 16.0. The van der Waals surface area contributed by atoms with Crippen molar-refractivity contribution in [3.05, 3.63) is 82.8 Å². The van der Waals surface area contributed by atoms with E-state index in [2.05, 4.69) is 0 Å². The number of ether oxygens (including phenoxy) is 1. The SMILES string of the molecule is CC(C(=O)O)N1CCc2nc(-c3ccc(OCc4ccccc4)cc3)c(F)c(C(C)(C)C)c2C1. The molecule has 1 aliphatic rings. The lowest BCUT2D eigenvalue weighted by molar-refractivity contribution is -0.143. The van der Waals surface area contributed by atoms with Crippen molar-refractivity contribution >= 4 is 5.97 Å². The molecule has 1 unspecified atom stereocenters. The van der Waals surface area contributed by atoms with E-state index >= 15 is 4.39 Å². The summed E-state index contributed by atoms with van der Waals surface area (Å²) in [6, 6.07) is 16.7. The van der Waals surface area contributed by atoms with Crippen LogP contribution >= 0.6 is 0 Å². The number of carbonyl (C=O) groups is 1. The van der Waals surface area contributed by atoms with Crippen LogP contribution in [0.4, 0.5) is 4.39 Å². The van der Waals surface area contributed by atoms with Crippen molar-refractivity contribution in [3.8, 4) is 17.0 Å². The molecular weight excluding hydrogens is 431 g/mol. The Labute approximate surface area is 200 Å². The molecule has 1 atom stereocenters. The highest BCUT2D eigenvalue weighted by molar-refractivity contribution is 5.73. The molecule has 1 aliphatic heterocycles. The van der Waals surface area contributed by atoms with E-state index in [0.29, 0.717) is 48.7 Å². The van der Waals surface area contributed by atoms with Crippen LogP contribution in [0.3, 0.4) is 0 Å². The number of carboxylic acid groups (broad SMARTS) is 1. The van der Waals surface area contributed by atoms with Crippen molar-refractivity contribution in [2.45, 2.75) is 58.7 Å². The summed E-state index contributed by atoms with van der Waals surface area (Å²) in [5.74, 6) is -0.505. The predicted molar refractivity (Wildman–Crippen MR) is 130 cm³/mol. The van der Waals surface area contributed by atoms with Crippen molar-refractivity contribution in [1.29, 1.82) is 0 Å². The molecule has 0 spiro atoms. The normalized spacial score (nSPS) is 15.0. The van der Waals surface area contributed by atoms with E-state index in [-0.39, 0.29) is 5.82 Å². The molecule has 5 nitrogen and oxygen atoms in total. The third-order valence-electron chi connectivity index (χ3n) is 6.35. The molecule has 0 amide bonds. The third-order valence-corrected chi connectivity index (χ3v) is 6.35. The summed E-state index contributed by atoms with van der Waals surface area (Å²) in [6.45, 7) is 9.04. The number of fused-ring (bicyclic) bond motifs is 1. The Morgan fingerprint density at radius 3 is 2.44 bits per heavy atom. The quantitative estimate of drug-likeness (QED) is 0.517. The molecular formula is C28H31FN2O3. The number of carboxylic acids is 1. The van der Waals surface area contributed by atoms with E-state index in [1.807, 2.05) is 80.3 Å². The largest absolute Gasteiger partial charge is 0.489 e. The average molecular weight is 463 g/mol. The minimum absolute atomic E-state index is 0.331. The number of rotatable bonds is 6. The molecule has 1 N–H and O–H groups in total. The molecule has 6 heteroatoms.